The molecule has 0 fully saturated rings. The van der Waals surface area contributed by atoms with Gasteiger partial charge in [0.1, 0.15) is 23.6 Å². The minimum atomic E-state index is -0.794. The van der Waals surface area contributed by atoms with Crippen LogP contribution in [-0.4, -0.2) is 11.0 Å². The molecule has 0 aliphatic carbocycles. The predicted molar refractivity (Wildman–Crippen MR) is 84.8 cm³/mol. The Morgan fingerprint density at radius 3 is 2.62 bits per heavy atom. The van der Waals surface area contributed by atoms with E-state index in [0.29, 0.717) is 5.69 Å². The number of aromatic nitrogens is 1. The molecular formula is C17H13F2N3O2. The fraction of sp³-hybridized carbons (Fsp3) is 0.0588. The number of nitrogens with zero attached hydrogens (tertiary/aromatic N) is 2. The normalized spacial score (nSPS) is 10.6. The molecule has 0 spiro atoms. The number of rotatable bonds is 3. The van der Waals surface area contributed by atoms with E-state index in [0.717, 1.165) is 22.6 Å². The van der Waals surface area contributed by atoms with Crippen molar-refractivity contribution in [2.75, 3.05) is 4.90 Å². The van der Waals surface area contributed by atoms with Crippen molar-refractivity contribution >= 4 is 17.7 Å². The maximum atomic E-state index is 13.9. The van der Waals surface area contributed by atoms with Crippen LogP contribution in [0.5, 0.6) is 0 Å². The second-order valence-electron chi connectivity index (χ2n) is 5.10. The Bertz CT molecular complexity index is 908. The van der Waals surface area contributed by atoms with E-state index in [1.165, 1.54) is 12.3 Å². The molecule has 0 radical (unpaired) electrons. The second kappa shape index (κ2) is 6.11. The van der Waals surface area contributed by atoms with E-state index in [1.54, 1.807) is 25.1 Å². The van der Waals surface area contributed by atoms with Gasteiger partial charge in [-0.1, -0.05) is 18.2 Å². The summed E-state index contributed by atoms with van der Waals surface area (Å²) in [6, 6.07) is 9.24. The van der Waals surface area contributed by atoms with Crippen molar-refractivity contribution < 1.29 is 18.0 Å². The average molecular weight is 329 g/mol. The van der Waals surface area contributed by atoms with Crippen LogP contribution in [0.4, 0.5) is 25.3 Å². The van der Waals surface area contributed by atoms with Gasteiger partial charge in [0.25, 0.3) is 0 Å². The molecular weight excluding hydrogens is 316 g/mol. The summed E-state index contributed by atoms with van der Waals surface area (Å²) in [6.07, 6.45) is 1.18. The molecule has 0 saturated heterocycles. The Labute approximate surface area is 136 Å². The van der Waals surface area contributed by atoms with E-state index in [-0.39, 0.29) is 17.3 Å². The zero-order valence-electron chi connectivity index (χ0n) is 12.7. The third kappa shape index (κ3) is 2.83. The molecule has 0 saturated carbocycles. The molecule has 5 nitrogen and oxygen atoms in total. The molecule has 7 heteroatoms. The predicted octanol–water partition coefficient (Wildman–Crippen LogP) is 4.15. The van der Waals surface area contributed by atoms with E-state index in [1.807, 2.05) is 6.07 Å². The number of para-hydroxylation sites is 1. The largest absolute Gasteiger partial charge is 0.431 e. The Morgan fingerprint density at radius 2 is 1.96 bits per heavy atom. The lowest BCUT2D eigenvalue weighted by Crippen LogP contribution is -2.32. The molecule has 2 N–H and O–H groups in total. The Balaban J connectivity index is 2.04. The van der Waals surface area contributed by atoms with Gasteiger partial charge in [-0.25, -0.2) is 18.5 Å². The molecule has 0 aliphatic rings. The first-order chi connectivity index (χ1) is 11.5. The van der Waals surface area contributed by atoms with Gasteiger partial charge in [0.05, 0.1) is 5.69 Å². The van der Waals surface area contributed by atoms with Crippen LogP contribution >= 0.6 is 0 Å². The lowest BCUT2D eigenvalue weighted by Gasteiger charge is -2.17. The van der Waals surface area contributed by atoms with Gasteiger partial charge in [0, 0.05) is 11.6 Å². The van der Waals surface area contributed by atoms with Crippen molar-refractivity contribution in [2.24, 2.45) is 5.73 Å². The highest BCUT2D eigenvalue weighted by molar-refractivity contribution is 5.97. The molecule has 1 heterocycles. The molecule has 3 aromatic rings. The van der Waals surface area contributed by atoms with E-state index in [9.17, 15) is 13.6 Å². The first kappa shape index (κ1) is 15.7. The van der Waals surface area contributed by atoms with Crippen molar-refractivity contribution in [1.82, 2.24) is 4.98 Å². The molecule has 0 bridgehead atoms. The van der Waals surface area contributed by atoms with Gasteiger partial charge >= 0.3 is 12.0 Å². The van der Waals surface area contributed by atoms with E-state index < -0.39 is 17.7 Å². The number of hydrogen-bond donors (Lipinski definition) is 1. The number of carbonyl (C=O) groups is 1. The highest BCUT2D eigenvalue weighted by Crippen LogP contribution is 2.31. The molecule has 3 rings (SSSR count). The van der Waals surface area contributed by atoms with Gasteiger partial charge in [0.15, 0.2) is 0 Å². The molecule has 0 atom stereocenters. The summed E-state index contributed by atoms with van der Waals surface area (Å²) in [5, 5.41) is 0. The summed E-state index contributed by atoms with van der Waals surface area (Å²) in [5.41, 5.74) is 6.89. The maximum Gasteiger partial charge on any atom is 0.327 e. The molecule has 0 unspecified atom stereocenters. The average Bonchev–Trinajstić information content (AvgIpc) is 2.98. The monoisotopic (exact) mass is 329 g/mol. The molecule has 2 amide bonds. The molecule has 0 aliphatic heterocycles. The van der Waals surface area contributed by atoms with Crippen molar-refractivity contribution in [1.29, 1.82) is 0 Å². The van der Waals surface area contributed by atoms with Crippen LogP contribution in [0.25, 0.3) is 11.3 Å². The van der Waals surface area contributed by atoms with Crippen LogP contribution in [0.2, 0.25) is 0 Å². The number of aryl methyl sites for hydroxylation is 1. The highest BCUT2D eigenvalue weighted by Gasteiger charge is 2.23. The van der Waals surface area contributed by atoms with Crippen LogP contribution < -0.4 is 10.6 Å². The van der Waals surface area contributed by atoms with Gasteiger partial charge in [-0.15, -0.1) is 0 Å². The maximum absolute atomic E-state index is 13.9. The summed E-state index contributed by atoms with van der Waals surface area (Å²) >= 11 is 0. The van der Waals surface area contributed by atoms with E-state index in [4.69, 9.17) is 10.2 Å². The summed E-state index contributed by atoms with van der Waals surface area (Å²) in [7, 11) is 0. The minimum absolute atomic E-state index is 0.0561. The Kier molecular flexibility index (Phi) is 3.99. The lowest BCUT2D eigenvalue weighted by molar-refractivity contribution is 0.255. The van der Waals surface area contributed by atoms with Gasteiger partial charge < -0.3 is 10.2 Å². The van der Waals surface area contributed by atoms with Gasteiger partial charge in [-0.05, 0) is 30.7 Å². The van der Waals surface area contributed by atoms with Crippen molar-refractivity contribution in [3.8, 4) is 11.3 Å². The highest BCUT2D eigenvalue weighted by atomic mass is 19.1. The number of anilines is 2. The number of oxazole rings is 1. The Hall–Kier alpha value is -3.22. The summed E-state index contributed by atoms with van der Waals surface area (Å²) in [6.45, 7) is 1.80. The van der Waals surface area contributed by atoms with E-state index in [2.05, 4.69) is 4.98 Å². The smallest absolute Gasteiger partial charge is 0.327 e. The topological polar surface area (TPSA) is 72.4 Å². The van der Waals surface area contributed by atoms with Gasteiger partial charge in [-0.2, -0.15) is 4.98 Å². The van der Waals surface area contributed by atoms with Gasteiger partial charge in [0.2, 0.25) is 0 Å². The number of urea groups is 1. The first-order valence-corrected chi connectivity index (χ1v) is 7.03. The number of hydrogen-bond acceptors (Lipinski definition) is 3. The van der Waals surface area contributed by atoms with Gasteiger partial charge in [-0.3, -0.25) is 0 Å². The van der Waals surface area contributed by atoms with Crippen LogP contribution in [0, 0.1) is 18.6 Å². The zero-order chi connectivity index (χ0) is 17.3. The SMILES string of the molecule is Cc1ccccc1N(C(N)=O)c1nc(-c2ccc(F)cc2F)co1. The number of amides is 2. The quantitative estimate of drug-likeness (QED) is 0.785. The summed E-state index contributed by atoms with van der Waals surface area (Å²) in [5.74, 6) is -1.48. The summed E-state index contributed by atoms with van der Waals surface area (Å²) in [4.78, 5) is 17.0. The van der Waals surface area contributed by atoms with Crippen molar-refractivity contribution in [3.05, 3.63) is 65.9 Å². The number of nitrogens with two attached hydrogens (primary N) is 1. The fourth-order valence-corrected chi connectivity index (χ4v) is 2.32. The van der Waals surface area contributed by atoms with Crippen LogP contribution in [0.15, 0.2) is 53.1 Å². The molecule has 1 aromatic heterocycles. The molecule has 24 heavy (non-hydrogen) atoms. The molecule has 2 aromatic carbocycles. The fourth-order valence-electron chi connectivity index (χ4n) is 2.32. The number of primary amides is 1. The first-order valence-electron chi connectivity index (χ1n) is 7.03. The third-order valence-corrected chi connectivity index (χ3v) is 3.47. The molecule has 122 valence electrons. The lowest BCUT2D eigenvalue weighted by atomic mass is 10.1. The standard InChI is InChI=1S/C17H13F2N3O2/c1-10-4-2-3-5-15(10)22(16(20)23)17-21-14(9-24-17)12-7-6-11(18)8-13(12)19/h2-9H,1H3,(H2,20,23). The number of carbonyl (C=O) groups excluding carboxylic acids is 1. The van der Waals surface area contributed by atoms with E-state index >= 15 is 0 Å². The summed E-state index contributed by atoms with van der Waals surface area (Å²) < 4.78 is 32.2. The van der Waals surface area contributed by atoms with Crippen molar-refractivity contribution in [3.63, 3.8) is 0 Å². The second-order valence-corrected chi connectivity index (χ2v) is 5.10. The third-order valence-electron chi connectivity index (χ3n) is 3.47. The minimum Gasteiger partial charge on any atom is -0.431 e. The van der Waals surface area contributed by atoms with Crippen LogP contribution in [-0.2, 0) is 0 Å². The van der Waals surface area contributed by atoms with Crippen LogP contribution in [0.1, 0.15) is 5.56 Å². The number of benzene rings is 2. The van der Waals surface area contributed by atoms with Crippen molar-refractivity contribution in [2.45, 2.75) is 6.92 Å². The number of halogens is 2. The van der Waals surface area contributed by atoms with Crippen LogP contribution in [0.3, 0.4) is 0 Å². The zero-order valence-corrected chi connectivity index (χ0v) is 12.7. The Morgan fingerprint density at radius 1 is 1.21 bits per heavy atom.